The van der Waals surface area contributed by atoms with Crippen LogP contribution in [0.3, 0.4) is 0 Å². The number of aromatic nitrogens is 2. The van der Waals surface area contributed by atoms with E-state index in [-0.39, 0.29) is 49.5 Å². The van der Waals surface area contributed by atoms with E-state index < -0.39 is 18.1 Å². The molecule has 0 fully saturated rings. The van der Waals surface area contributed by atoms with Gasteiger partial charge in [-0.15, -0.1) is 48.1 Å². The molecule has 13 rings (SSSR count). The van der Waals surface area contributed by atoms with Crippen molar-refractivity contribution in [1.82, 2.24) is 9.55 Å². The van der Waals surface area contributed by atoms with Crippen LogP contribution >= 0.6 is 0 Å². The molecule has 0 N–H and O–H groups in total. The predicted molar refractivity (Wildman–Crippen MR) is 330 cm³/mol. The summed E-state index contributed by atoms with van der Waals surface area (Å²) in [4.78, 5) is 9.39. The van der Waals surface area contributed by atoms with E-state index >= 15 is 0 Å². The number of hydrogen-bond acceptors (Lipinski definition) is 5. The van der Waals surface area contributed by atoms with Gasteiger partial charge in [-0.2, -0.15) is 12.1 Å². The van der Waals surface area contributed by atoms with Crippen molar-refractivity contribution in [2.75, 3.05) is 9.80 Å². The average molecular weight is 1240 g/mol. The molecule has 0 saturated heterocycles. The number of ether oxygens (including phenoxy) is 2. The Bertz CT molecular complexity index is 4460. The largest absolute Gasteiger partial charge is 0.509 e. The number of hydrogen-bond donors (Lipinski definition) is 0. The van der Waals surface area contributed by atoms with E-state index in [1.54, 1.807) is 18.3 Å². The Morgan fingerprint density at radius 1 is 0.481 bits per heavy atom. The second-order valence-corrected chi connectivity index (χ2v) is 22.2. The minimum absolute atomic E-state index is 0. The Balaban J connectivity index is 0.00000724. The number of nitrogens with zero attached hydrogens (tertiary/aromatic N) is 4. The van der Waals surface area contributed by atoms with E-state index in [2.05, 4.69) is 185 Å². The second kappa shape index (κ2) is 21.6. The van der Waals surface area contributed by atoms with Crippen LogP contribution in [0.4, 0.5) is 22.7 Å². The van der Waals surface area contributed by atoms with Gasteiger partial charge in [0, 0.05) is 89.7 Å². The van der Waals surface area contributed by atoms with E-state index in [0.29, 0.717) is 39.9 Å². The molecule has 3 heterocycles. The molecule has 0 bridgehead atoms. The topological polar surface area (TPSA) is 42.8 Å². The Hall–Kier alpha value is -8.96. The first-order valence-corrected chi connectivity index (χ1v) is 26.9. The summed E-state index contributed by atoms with van der Waals surface area (Å²) in [6, 6.07) is 75.0. The number of benzene rings is 10. The fourth-order valence-electron chi connectivity index (χ4n) is 10.7. The summed E-state index contributed by atoms with van der Waals surface area (Å²) in [5, 5.41) is 1.92. The van der Waals surface area contributed by atoms with Crippen LogP contribution in [0, 0.1) is 18.8 Å². The summed E-state index contributed by atoms with van der Waals surface area (Å²) >= 11 is 0. The molecule has 0 aliphatic carbocycles. The Morgan fingerprint density at radius 3 is 1.73 bits per heavy atom. The van der Waals surface area contributed by atoms with E-state index in [9.17, 15) is 0 Å². The first-order valence-electron chi connectivity index (χ1n) is 29.4. The maximum atomic E-state index is 9.14. The van der Waals surface area contributed by atoms with E-state index in [4.69, 9.17) is 21.3 Å². The first-order chi connectivity index (χ1) is 41.0. The quantitative estimate of drug-likeness (QED) is 0.121. The Kier molecular flexibility index (Phi) is 12.5. The van der Waals surface area contributed by atoms with Gasteiger partial charge >= 0.3 is 0 Å². The third kappa shape index (κ3) is 10.2. The van der Waals surface area contributed by atoms with Gasteiger partial charge in [-0.3, -0.25) is 0 Å². The zero-order chi connectivity index (χ0) is 58.9. The summed E-state index contributed by atoms with van der Waals surface area (Å²) in [6.45, 7) is 15.2. The normalized spacial score (nSPS) is 13.2. The molecule has 400 valence electrons. The van der Waals surface area contributed by atoms with Gasteiger partial charge in [-0.1, -0.05) is 223 Å². The fourth-order valence-corrected chi connectivity index (χ4v) is 10.7. The zero-order valence-electron chi connectivity index (χ0n) is 50.7. The Morgan fingerprint density at radius 2 is 1.06 bits per heavy atom. The first kappa shape index (κ1) is 46.9. The number of para-hydroxylation sites is 5. The maximum absolute atomic E-state index is 9.14. The Labute approximate surface area is 496 Å². The van der Waals surface area contributed by atoms with E-state index in [1.807, 2.05) is 83.4 Å². The number of fused-ring (bicyclic) bond motifs is 4. The molecule has 0 spiro atoms. The molecule has 0 unspecified atom stereocenters. The van der Waals surface area contributed by atoms with E-state index in [0.717, 1.165) is 83.5 Å². The SMILES string of the molecule is [2H]c1c([2H])c([2H])c(-c2cccc(-c3cc(C(C)(C)C)cc(C(C)(C)C)c3)c2Oc2ccnc(-n3c4[c-]c(Oc5[c-]c(N6[CH-]N(c7c(-c8ccccc8)cccc7-c7ccccc7)c7ccccc76)ccc5)ccc4c4ccccc43)c2)c([2H])c1[2H].[Pt]. The molecule has 0 saturated carbocycles. The van der Waals surface area contributed by atoms with Gasteiger partial charge in [-0.25, -0.2) is 4.98 Å². The van der Waals surface area contributed by atoms with Crippen LogP contribution in [-0.2, 0) is 31.9 Å². The zero-order valence-corrected chi connectivity index (χ0v) is 48.0. The smallest absolute Gasteiger partial charge is 0.143 e. The molecule has 7 heteroatoms. The van der Waals surface area contributed by atoms with Crippen molar-refractivity contribution in [2.24, 2.45) is 0 Å². The summed E-state index contributed by atoms with van der Waals surface area (Å²) < 4.78 is 60.0. The molecule has 0 radical (unpaired) electrons. The number of anilines is 4. The molecule has 1 aliphatic rings. The molecular weight excluding hydrogens is 1170 g/mol. The van der Waals surface area contributed by atoms with Gasteiger partial charge in [-0.05, 0) is 73.9 Å². The van der Waals surface area contributed by atoms with Gasteiger partial charge in [0.15, 0.2) is 0 Å². The number of rotatable bonds is 11. The molecule has 1 aliphatic heterocycles. The van der Waals surface area contributed by atoms with Crippen LogP contribution in [0.1, 0.15) is 59.5 Å². The monoisotopic (exact) mass is 1240 g/mol. The van der Waals surface area contributed by atoms with Crippen LogP contribution in [0.5, 0.6) is 23.0 Å². The molecule has 2 aromatic heterocycles. The number of pyridine rings is 1. The van der Waals surface area contributed by atoms with Crippen molar-refractivity contribution in [3.63, 3.8) is 0 Å². The molecule has 12 aromatic rings. The average Bonchev–Trinajstić information content (AvgIpc) is 1.57. The van der Waals surface area contributed by atoms with E-state index in [1.165, 1.54) is 0 Å². The van der Waals surface area contributed by atoms with Gasteiger partial charge in [0.2, 0.25) is 0 Å². The van der Waals surface area contributed by atoms with Gasteiger partial charge in [0.25, 0.3) is 0 Å². The molecule has 10 aromatic carbocycles. The molecule has 6 nitrogen and oxygen atoms in total. The van der Waals surface area contributed by atoms with Crippen LogP contribution < -0.4 is 19.3 Å². The molecular formula is C74H59N4O2Pt-3. The second-order valence-electron chi connectivity index (χ2n) is 22.2. The van der Waals surface area contributed by atoms with Crippen molar-refractivity contribution in [1.29, 1.82) is 0 Å². The van der Waals surface area contributed by atoms with Crippen molar-refractivity contribution < 1.29 is 37.4 Å². The molecule has 81 heavy (non-hydrogen) atoms. The minimum atomic E-state index is -0.467. The van der Waals surface area contributed by atoms with Crippen LogP contribution in [0.2, 0.25) is 0 Å². The van der Waals surface area contributed by atoms with Gasteiger partial charge in [0.05, 0.1) is 6.85 Å². The van der Waals surface area contributed by atoms with Gasteiger partial charge < -0.3 is 23.8 Å². The van der Waals surface area contributed by atoms with Crippen molar-refractivity contribution in [3.8, 4) is 73.3 Å². The maximum Gasteiger partial charge on any atom is 0.143 e. The third-order valence-corrected chi connectivity index (χ3v) is 14.8. The summed E-state index contributed by atoms with van der Waals surface area (Å²) in [5.74, 6) is 2.26. The summed E-state index contributed by atoms with van der Waals surface area (Å²) in [7, 11) is 0. The molecule has 0 amide bonds. The van der Waals surface area contributed by atoms with Crippen LogP contribution in [0.25, 0.3) is 72.1 Å². The van der Waals surface area contributed by atoms with Crippen molar-refractivity contribution in [3.05, 3.63) is 273 Å². The van der Waals surface area contributed by atoms with Crippen LogP contribution in [-0.4, -0.2) is 9.55 Å². The van der Waals surface area contributed by atoms with Gasteiger partial charge in [0.1, 0.15) is 17.3 Å². The molecule has 0 atom stereocenters. The summed E-state index contributed by atoms with van der Waals surface area (Å²) in [5.41, 5.74) is 13.7. The van der Waals surface area contributed by atoms with Crippen molar-refractivity contribution >= 4 is 44.6 Å². The van der Waals surface area contributed by atoms with Crippen molar-refractivity contribution in [2.45, 2.75) is 52.4 Å². The summed E-state index contributed by atoms with van der Waals surface area (Å²) in [6.07, 6.45) is 1.69. The fraction of sp³-hybridized carbons (Fsp3) is 0.108. The third-order valence-electron chi connectivity index (χ3n) is 14.8. The minimum Gasteiger partial charge on any atom is -0.509 e. The van der Waals surface area contributed by atoms with Crippen LogP contribution in [0.15, 0.2) is 243 Å². The predicted octanol–water partition coefficient (Wildman–Crippen LogP) is 20.0. The standard InChI is InChI=1S/C74H59N4O2.Pt/c1-73(2,3)54-43-53(44-55(45-54)74(4,5)6)63-35-22-34-62(52-27-14-9-15-28-52)72(63)80-59-41-42-75-70(48-59)78-66-36-17-16-31-64(66)65-40-39-58(47-69(65)78)79-57-30-20-29-56(46-57)76-49-77(68-38-19-18-37-67(68)76)71-60(50-23-10-7-11-24-50)32-21-33-61(71)51-25-12-8-13-26-51;/h7-45,48-49H,1-6H3;/q-3;/i9D,14D,15D,27D,28D;.